The quantitative estimate of drug-likeness (QED) is 0.274. The Morgan fingerprint density at radius 2 is 1.29 bits per heavy atom. The highest BCUT2D eigenvalue weighted by molar-refractivity contribution is 5.90. The van der Waals surface area contributed by atoms with Crippen molar-refractivity contribution in [2.24, 2.45) is 0 Å². The molecule has 0 heterocycles. The maximum absolute atomic E-state index is 11.9. The van der Waals surface area contributed by atoms with E-state index in [0.717, 1.165) is 13.0 Å². The van der Waals surface area contributed by atoms with Gasteiger partial charge in [-0.25, -0.2) is 4.79 Å². The van der Waals surface area contributed by atoms with Gasteiger partial charge in [-0.15, -0.1) is 0 Å². The Morgan fingerprint density at radius 1 is 0.786 bits per heavy atom. The van der Waals surface area contributed by atoms with E-state index >= 15 is 0 Å². The van der Waals surface area contributed by atoms with Gasteiger partial charge in [0, 0.05) is 6.54 Å². The molecule has 2 N–H and O–H groups in total. The first-order chi connectivity index (χ1) is 13.8. The second-order valence-electron chi connectivity index (χ2n) is 7.68. The molecular formula is C24H42N2O2. The largest absolute Gasteiger partial charge is 0.495 e. The molecule has 0 fully saturated rings. The standard InChI is InChI=1S/C24H42N2O2/c1-3-4-5-6-7-8-9-10-11-12-13-14-15-18-21-25-24(27)26-22-19-16-17-20-23(22)28-2/h16-17,19-20H,3-15,18,21H2,1-2H3,(H2,25,26,27). The van der Waals surface area contributed by atoms with E-state index in [1.807, 2.05) is 24.3 Å². The van der Waals surface area contributed by atoms with E-state index < -0.39 is 0 Å². The summed E-state index contributed by atoms with van der Waals surface area (Å²) in [6.07, 6.45) is 18.8. The SMILES string of the molecule is CCCCCCCCCCCCCCCCNC(=O)Nc1ccccc1OC. The highest BCUT2D eigenvalue weighted by atomic mass is 16.5. The van der Waals surface area contributed by atoms with Crippen LogP contribution in [0, 0.1) is 0 Å². The molecule has 1 aromatic rings. The summed E-state index contributed by atoms with van der Waals surface area (Å²) in [5.74, 6) is 0.675. The number of nitrogens with one attached hydrogen (secondary N) is 2. The van der Waals surface area contributed by atoms with Crippen molar-refractivity contribution in [1.29, 1.82) is 0 Å². The number of para-hydroxylation sites is 2. The molecule has 0 aliphatic carbocycles. The molecule has 0 bridgehead atoms. The third-order valence-electron chi connectivity index (χ3n) is 5.17. The zero-order valence-electron chi connectivity index (χ0n) is 18.2. The minimum Gasteiger partial charge on any atom is -0.495 e. The highest BCUT2D eigenvalue weighted by Crippen LogP contribution is 2.22. The van der Waals surface area contributed by atoms with E-state index in [0.29, 0.717) is 11.4 Å². The summed E-state index contributed by atoms with van der Waals surface area (Å²) < 4.78 is 5.23. The summed E-state index contributed by atoms with van der Waals surface area (Å²) in [4.78, 5) is 11.9. The molecule has 0 radical (unpaired) electrons. The number of unbranched alkanes of at least 4 members (excludes halogenated alkanes) is 13. The fraction of sp³-hybridized carbons (Fsp3) is 0.708. The molecule has 0 aliphatic rings. The van der Waals surface area contributed by atoms with Crippen molar-refractivity contribution >= 4 is 11.7 Å². The van der Waals surface area contributed by atoms with Crippen LogP contribution < -0.4 is 15.4 Å². The lowest BCUT2D eigenvalue weighted by Crippen LogP contribution is -2.29. The number of rotatable bonds is 17. The molecule has 160 valence electrons. The van der Waals surface area contributed by atoms with Gasteiger partial charge in [-0.05, 0) is 18.6 Å². The van der Waals surface area contributed by atoms with Crippen LogP contribution in [0.5, 0.6) is 5.75 Å². The van der Waals surface area contributed by atoms with Gasteiger partial charge in [0.2, 0.25) is 0 Å². The van der Waals surface area contributed by atoms with Gasteiger partial charge in [0.25, 0.3) is 0 Å². The topological polar surface area (TPSA) is 50.4 Å². The Kier molecular flexibility index (Phi) is 15.1. The predicted octanol–water partition coefficient (Wildman–Crippen LogP) is 7.30. The lowest BCUT2D eigenvalue weighted by atomic mass is 10.0. The number of hydrogen-bond acceptors (Lipinski definition) is 2. The van der Waals surface area contributed by atoms with Gasteiger partial charge >= 0.3 is 6.03 Å². The summed E-state index contributed by atoms with van der Waals surface area (Å²) in [7, 11) is 1.60. The van der Waals surface area contributed by atoms with Crippen LogP contribution in [0.4, 0.5) is 10.5 Å². The molecular weight excluding hydrogens is 348 g/mol. The van der Waals surface area contributed by atoms with Crippen LogP contribution in [-0.4, -0.2) is 19.7 Å². The Labute approximate surface area is 172 Å². The predicted molar refractivity (Wildman–Crippen MR) is 120 cm³/mol. The number of carbonyl (C=O) groups excluding carboxylic acids is 1. The van der Waals surface area contributed by atoms with Crippen molar-refractivity contribution in [3.63, 3.8) is 0 Å². The van der Waals surface area contributed by atoms with E-state index in [1.54, 1.807) is 7.11 Å². The average molecular weight is 391 g/mol. The minimum atomic E-state index is -0.167. The Hall–Kier alpha value is -1.71. The third kappa shape index (κ3) is 12.6. The molecule has 2 amide bonds. The maximum Gasteiger partial charge on any atom is 0.319 e. The molecule has 1 aromatic carbocycles. The monoisotopic (exact) mass is 390 g/mol. The maximum atomic E-state index is 11.9. The van der Waals surface area contributed by atoms with Gasteiger partial charge in [-0.2, -0.15) is 0 Å². The summed E-state index contributed by atoms with van der Waals surface area (Å²) in [6, 6.07) is 7.27. The smallest absolute Gasteiger partial charge is 0.319 e. The van der Waals surface area contributed by atoms with Crippen LogP contribution in [0.2, 0.25) is 0 Å². The molecule has 0 saturated carbocycles. The molecule has 0 spiro atoms. The van der Waals surface area contributed by atoms with Gasteiger partial charge in [0.05, 0.1) is 12.8 Å². The number of urea groups is 1. The number of amides is 2. The first-order valence-electron chi connectivity index (χ1n) is 11.5. The molecule has 1 rings (SSSR count). The van der Waals surface area contributed by atoms with E-state index in [1.165, 1.54) is 83.5 Å². The van der Waals surface area contributed by atoms with Crippen LogP contribution >= 0.6 is 0 Å². The van der Waals surface area contributed by atoms with Crippen molar-refractivity contribution < 1.29 is 9.53 Å². The van der Waals surface area contributed by atoms with Crippen LogP contribution in [-0.2, 0) is 0 Å². The zero-order valence-corrected chi connectivity index (χ0v) is 18.2. The number of hydrogen-bond donors (Lipinski definition) is 2. The Morgan fingerprint density at radius 3 is 1.82 bits per heavy atom. The molecule has 4 heteroatoms. The summed E-state index contributed by atoms with van der Waals surface area (Å²) in [6.45, 7) is 3.00. The molecule has 0 aromatic heterocycles. The van der Waals surface area contributed by atoms with Crippen molar-refractivity contribution in [2.45, 2.75) is 96.8 Å². The van der Waals surface area contributed by atoms with E-state index in [2.05, 4.69) is 17.6 Å². The fourth-order valence-electron chi connectivity index (χ4n) is 3.44. The van der Waals surface area contributed by atoms with Crippen LogP contribution in [0.15, 0.2) is 24.3 Å². The lowest BCUT2D eigenvalue weighted by molar-refractivity contribution is 0.251. The summed E-state index contributed by atoms with van der Waals surface area (Å²) in [5, 5.41) is 5.76. The van der Waals surface area contributed by atoms with Crippen molar-refractivity contribution in [3.8, 4) is 5.75 Å². The van der Waals surface area contributed by atoms with Gasteiger partial charge < -0.3 is 15.4 Å². The Balaban J connectivity index is 1.87. The van der Waals surface area contributed by atoms with Crippen LogP contribution in [0.25, 0.3) is 0 Å². The van der Waals surface area contributed by atoms with Gasteiger partial charge in [-0.3, -0.25) is 0 Å². The number of ether oxygens (including phenoxy) is 1. The molecule has 0 unspecified atom stereocenters. The molecule has 0 atom stereocenters. The van der Waals surface area contributed by atoms with Crippen molar-refractivity contribution in [3.05, 3.63) is 24.3 Å². The first kappa shape index (κ1) is 24.3. The summed E-state index contributed by atoms with van der Waals surface area (Å²) >= 11 is 0. The molecule has 0 saturated heterocycles. The van der Waals surface area contributed by atoms with Crippen LogP contribution in [0.3, 0.4) is 0 Å². The van der Waals surface area contributed by atoms with E-state index in [-0.39, 0.29) is 6.03 Å². The number of anilines is 1. The van der Waals surface area contributed by atoms with Gasteiger partial charge in [0.1, 0.15) is 5.75 Å². The fourth-order valence-corrected chi connectivity index (χ4v) is 3.44. The third-order valence-corrected chi connectivity index (χ3v) is 5.17. The second kappa shape index (κ2) is 17.4. The summed E-state index contributed by atoms with van der Waals surface area (Å²) in [5.41, 5.74) is 0.698. The Bertz CT molecular complexity index is 505. The molecule has 0 aliphatic heterocycles. The molecule has 4 nitrogen and oxygen atoms in total. The van der Waals surface area contributed by atoms with E-state index in [4.69, 9.17) is 4.74 Å². The second-order valence-corrected chi connectivity index (χ2v) is 7.68. The van der Waals surface area contributed by atoms with Crippen LogP contribution in [0.1, 0.15) is 96.8 Å². The minimum absolute atomic E-state index is 0.167. The van der Waals surface area contributed by atoms with E-state index in [9.17, 15) is 4.79 Å². The van der Waals surface area contributed by atoms with Crippen molar-refractivity contribution in [1.82, 2.24) is 5.32 Å². The van der Waals surface area contributed by atoms with Gasteiger partial charge in [0.15, 0.2) is 0 Å². The number of benzene rings is 1. The van der Waals surface area contributed by atoms with Crippen molar-refractivity contribution in [2.75, 3.05) is 19.0 Å². The first-order valence-corrected chi connectivity index (χ1v) is 11.5. The molecule has 28 heavy (non-hydrogen) atoms. The van der Waals surface area contributed by atoms with Gasteiger partial charge in [-0.1, -0.05) is 103 Å². The highest BCUT2D eigenvalue weighted by Gasteiger charge is 2.05. The lowest BCUT2D eigenvalue weighted by Gasteiger charge is -2.10. The number of methoxy groups -OCH3 is 1. The zero-order chi connectivity index (χ0) is 20.3. The average Bonchev–Trinajstić information content (AvgIpc) is 2.71. The number of carbonyl (C=O) groups is 1. The normalized spacial score (nSPS) is 10.6.